The summed E-state index contributed by atoms with van der Waals surface area (Å²) >= 11 is 5.96. The summed E-state index contributed by atoms with van der Waals surface area (Å²) in [5.74, 6) is 0. The zero-order valence-corrected chi connectivity index (χ0v) is 14.3. The molecule has 0 aliphatic carbocycles. The Bertz CT molecular complexity index is 725. The van der Waals surface area contributed by atoms with Crippen LogP contribution in [0.15, 0.2) is 54.6 Å². The molecule has 0 fully saturated rings. The number of rotatable bonds is 6. The van der Waals surface area contributed by atoms with Gasteiger partial charge < -0.3 is 15.2 Å². The van der Waals surface area contributed by atoms with E-state index in [1.54, 1.807) is 42.5 Å². The first-order valence-electron chi connectivity index (χ1n) is 7.73. The summed E-state index contributed by atoms with van der Waals surface area (Å²) in [4.78, 5) is 11.9. The molecule has 0 bridgehead atoms. The second kappa shape index (κ2) is 8.91. The maximum Gasteiger partial charge on any atom is 0.416 e. The van der Waals surface area contributed by atoms with Gasteiger partial charge in [0.25, 0.3) is 0 Å². The van der Waals surface area contributed by atoms with Gasteiger partial charge in [-0.2, -0.15) is 13.2 Å². The number of carbonyl (C=O) groups excluding carboxylic acids is 1. The van der Waals surface area contributed by atoms with Gasteiger partial charge in [-0.1, -0.05) is 60.1 Å². The highest BCUT2D eigenvalue weighted by Crippen LogP contribution is 2.26. The minimum Gasteiger partial charge on any atom is -0.445 e. The quantitative estimate of drug-likeness (QED) is 0.784. The number of hydrogen-bond acceptors (Lipinski definition) is 3. The average molecular weight is 388 g/mol. The molecule has 26 heavy (non-hydrogen) atoms. The van der Waals surface area contributed by atoms with Crippen molar-refractivity contribution in [2.75, 3.05) is 0 Å². The molecule has 2 N–H and O–H groups in total. The Balaban J connectivity index is 2.05. The third-order valence-electron chi connectivity index (χ3n) is 3.63. The molecule has 0 aliphatic heterocycles. The number of alkyl carbamates (subject to hydrolysis) is 1. The molecule has 2 aromatic carbocycles. The Kier molecular flexibility index (Phi) is 6.88. The van der Waals surface area contributed by atoms with E-state index in [9.17, 15) is 23.1 Å². The second-order valence-corrected chi connectivity index (χ2v) is 6.00. The molecule has 1 amide bonds. The molecule has 8 heteroatoms. The van der Waals surface area contributed by atoms with Crippen LogP contribution in [0, 0.1) is 0 Å². The molecule has 0 radical (unpaired) electrons. The number of amides is 1. The molecule has 0 saturated carbocycles. The second-order valence-electron chi connectivity index (χ2n) is 5.59. The third-order valence-corrected chi connectivity index (χ3v) is 4.00. The Labute approximate surface area is 153 Å². The van der Waals surface area contributed by atoms with Crippen LogP contribution in [0.3, 0.4) is 0 Å². The van der Waals surface area contributed by atoms with Gasteiger partial charge >= 0.3 is 12.3 Å². The van der Waals surface area contributed by atoms with Crippen molar-refractivity contribution in [3.8, 4) is 0 Å². The Morgan fingerprint density at radius 2 is 1.73 bits per heavy atom. The highest BCUT2D eigenvalue weighted by molar-refractivity contribution is 6.31. The van der Waals surface area contributed by atoms with Crippen molar-refractivity contribution in [2.24, 2.45) is 0 Å². The molecule has 0 heterocycles. The molecule has 4 nitrogen and oxygen atoms in total. The van der Waals surface area contributed by atoms with Crippen molar-refractivity contribution in [2.45, 2.75) is 31.3 Å². The molecular weight excluding hydrogens is 371 g/mol. The summed E-state index contributed by atoms with van der Waals surface area (Å²) in [5, 5.41) is 11.9. The minimum absolute atomic E-state index is 0.104. The van der Waals surface area contributed by atoms with Gasteiger partial charge in [-0.3, -0.25) is 0 Å². The average Bonchev–Trinajstić information content (AvgIpc) is 2.60. The highest BCUT2D eigenvalue weighted by Gasteiger charge is 2.44. The number of carbonyl (C=O) groups is 1. The van der Waals surface area contributed by atoms with Crippen LogP contribution in [0.25, 0.3) is 0 Å². The molecule has 0 spiro atoms. The number of ether oxygens (including phenoxy) is 1. The number of halogens is 4. The molecular formula is C18H17ClF3NO3. The lowest BCUT2D eigenvalue weighted by molar-refractivity contribution is -0.211. The van der Waals surface area contributed by atoms with Crippen LogP contribution in [0.5, 0.6) is 0 Å². The molecule has 2 unspecified atom stereocenters. The van der Waals surface area contributed by atoms with Gasteiger partial charge in [-0.15, -0.1) is 0 Å². The summed E-state index contributed by atoms with van der Waals surface area (Å²) < 4.78 is 43.7. The lowest BCUT2D eigenvalue weighted by atomic mass is 10.0. The molecule has 2 rings (SSSR count). The van der Waals surface area contributed by atoms with Crippen LogP contribution in [0.2, 0.25) is 5.02 Å². The maximum absolute atomic E-state index is 12.9. The van der Waals surface area contributed by atoms with E-state index in [2.05, 4.69) is 5.32 Å². The van der Waals surface area contributed by atoms with Gasteiger partial charge in [0.2, 0.25) is 0 Å². The highest BCUT2D eigenvalue weighted by atomic mass is 35.5. The topological polar surface area (TPSA) is 58.6 Å². The fourth-order valence-corrected chi connectivity index (χ4v) is 2.50. The number of alkyl halides is 3. The Hall–Kier alpha value is -2.25. The van der Waals surface area contributed by atoms with Gasteiger partial charge in [0.15, 0.2) is 6.10 Å². The van der Waals surface area contributed by atoms with E-state index in [0.29, 0.717) is 11.1 Å². The fourth-order valence-electron chi connectivity index (χ4n) is 2.29. The van der Waals surface area contributed by atoms with E-state index in [1.165, 1.54) is 12.1 Å². The number of aliphatic hydroxyl groups is 1. The van der Waals surface area contributed by atoms with Gasteiger partial charge in [0.05, 0.1) is 6.04 Å². The first-order valence-corrected chi connectivity index (χ1v) is 8.10. The smallest absolute Gasteiger partial charge is 0.416 e. The molecule has 0 aliphatic rings. The third kappa shape index (κ3) is 5.93. The van der Waals surface area contributed by atoms with Crippen LogP contribution >= 0.6 is 11.6 Å². The van der Waals surface area contributed by atoms with Gasteiger partial charge in [-0.05, 0) is 23.6 Å². The molecule has 0 aromatic heterocycles. The van der Waals surface area contributed by atoms with E-state index >= 15 is 0 Å². The van der Waals surface area contributed by atoms with Crippen LogP contribution in [0.1, 0.15) is 11.1 Å². The summed E-state index contributed by atoms with van der Waals surface area (Å²) in [5.41, 5.74) is 1.05. The zero-order valence-electron chi connectivity index (χ0n) is 13.5. The van der Waals surface area contributed by atoms with E-state index in [1.807, 2.05) is 0 Å². The predicted molar refractivity (Wildman–Crippen MR) is 90.8 cm³/mol. The number of nitrogens with one attached hydrogen (secondary N) is 1. The van der Waals surface area contributed by atoms with Crippen molar-refractivity contribution in [3.05, 3.63) is 70.7 Å². The molecule has 0 saturated heterocycles. The number of hydrogen-bond donors (Lipinski definition) is 2. The van der Waals surface area contributed by atoms with Crippen LogP contribution in [0.4, 0.5) is 18.0 Å². The predicted octanol–water partition coefficient (Wildman–Crippen LogP) is 4.10. The summed E-state index contributed by atoms with van der Waals surface area (Å²) in [6, 6.07) is 13.3. The van der Waals surface area contributed by atoms with Crippen molar-refractivity contribution in [1.82, 2.24) is 5.32 Å². The van der Waals surface area contributed by atoms with Crippen LogP contribution in [-0.4, -0.2) is 29.5 Å². The van der Waals surface area contributed by atoms with Gasteiger partial charge in [0.1, 0.15) is 6.61 Å². The Morgan fingerprint density at radius 1 is 1.12 bits per heavy atom. The Morgan fingerprint density at radius 3 is 2.35 bits per heavy atom. The van der Waals surface area contributed by atoms with Crippen molar-refractivity contribution in [1.29, 1.82) is 0 Å². The van der Waals surface area contributed by atoms with Crippen LogP contribution < -0.4 is 5.32 Å². The molecule has 2 atom stereocenters. The van der Waals surface area contributed by atoms with E-state index in [4.69, 9.17) is 16.3 Å². The van der Waals surface area contributed by atoms with Crippen molar-refractivity contribution in [3.63, 3.8) is 0 Å². The maximum atomic E-state index is 12.9. The fraction of sp³-hybridized carbons (Fsp3) is 0.278. The lowest BCUT2D eigenvalue weighted by Crippen LogP contribution is -2.51. The standard InChI is InChI=1S/C18H17ClF3NO3/c19-14-9-5-4-8-13(14)10-15(16(24)18(20,21)22)23-17(25)26-11-12-6-2-1-3-7-12/h1-9,15-16,24H,10-11H2,(H,23,25). The SMILES string of the molecule is O=C(NC(Cc1ccccc1Cl)C(O)C(F)(F)F)OCc1ccccc1. The van der Waals surface area contributed by atoms with E-state index in [-0.39, 0.29) is 18.1 Å². The largest absolute Gasteiger partial charge is 0.445 e. The molecule has 140 valence electrons. The lowest BCUT2D eigenvalue weighted by Gasteiger charge is -2.26. The summed E-state index contributed by atoms with van der Waals surface area (Å²) in [6.45, 7) is -0.104. The van der Waals surface area contributed by atoms with E-state index < -0.39 is 24.4 Å². The van der Waals surface area contributed by atoms with Gasteiger partial charge in [0, 0.05) is 5.02 Å². The first-order chi connectivity index (χ1) is 12.3. The molecule has 2 aromatic rings. The monoisotopic (exact) mass is 387 g/mol. The summed E-state index contributed by atoms with van der Waals surface area (Å²) in [7, 11) is 0. The van der Waals surface area contributed by atoms with Crippen molar-refractivity contribution < 1.29 is 27.8 Å². The van der Waals surface area contributed by atoms with Crippen LogP contribution in [-0.2, 0) is 17.8 Å². The van der Waals surface area contributed by atoms with Crippen molar-refractivity contribution >= 4 is 17.7 Å². The number of aliphatic hydroxyl groups excluding tert-OH is 1. The van der Waals surface area contributed by atoms with E-state index in [0.717, 1.165) is 0 Å². The van der Waals surface area contributed by atoms with Gasteiger partial charge in [-0.25, -0.2) is 4.79 Å². The summed E-state index contributed by atoms with van der Waals surface area (Å²) in [6.07, 6.45) is -9.03. The minimum atomic E-state index is -4.90. The normalized spacial score (nSPS) is 13.7. The first kappa shape index (κ1) is 20.1. The number of benzene rings is 2. The zero-order chi connectivity index (χ0) is 19.2.